The van der Waals surface area contributed by atoms with E-state index >= 15 is 0 Å². The lowest BCUT2D eigenvalue weighted by atomic mass is 9.84. The third kappa shape index (κ3) is 15.3. The van der Waals surface area contributed by atoms with Gasteiger partial charge in [0.25, 0.3) is 29.5 Å². The zero-order valence-electron chi connectivity index (χ0n) is 41.6. The van der Waals surface area contributed by atoms with Gasteiger partial charge in [-0.3, -0.25) is 59.6 Å². The van der Waals surface area contributed by atoms with Gasteiger partial charge in [-0.05, 0) is 75.3 Å². The molecule has 6 N–H and O–H groups in total. The van der Waals surface area contributed by atoms with Crippen molar-refractivity contribution in [3.8, 4) is 0 Å². The molecule has 388 valence electrons. The molecule has 0 saturated carbocycles. The fourth-order valence-corrected chi connectivity index (χ4v) is 8.22. The zero-order valence-corrected chi connectivity index (χ0v) is 41.6. The molecule has 2 aromatic rings. The Labute approximate surface area is 414 Å². The lowest BCUT2D eigenvalue weighted by Crippen LogP contribution is -2.56. The van der Waals surface area contributed by atoms with Gasteiger partial charge in [-0.2, -0.15) is 0 Å². The maximum Gasteiger partial charge on any atom is 0.410 e. The van der Waals surface area contributed by atoms with E-state index in [0.29, 0.717) is 84.0 Å². The highest BCUT2D eigenvalue weighted by molar-refractivity contribution is 6.38. The number of nitrogens with zero attached hydrogens (tertiary/aromatic N) is 4. The third-order valence-corrected chi connectivity index (χ3v) is 13.4. The summed E-state index contributed by atoms with van der Waals surface area (Å²) in [6.45, 7) is 12.4. The van der Waals surface area contributed by atoms with Gasteiger partial charge < -0.3 is 24.4 Å². The van der Waals surface area contributed by atoms with E-state index in [9.17, 15) is 47.9 Å². The molecule has 21 nitrogen and oxygen atoms in total. The first-order valence-electron chi connectivity index (χ1n) is 24.2. The Morgan fingerprint density at radius 2 is 0.859 bits per heavy atom. The van der Waals surface area contributed by atoms with Crippen LogP contribution in [0.5, 0.6) is 0 Å². The summed E-state index contributed by atoms with van der Waals surface area (Å²) in [5.41, 5.74) is 7.05. The van der Waals surface area contributed by atoms with Gasteiger partial charge in [-0.25, -0.2) is 20.2 Å². The van der Waals surface area contributed by atoms with Crippen molar-refractivity contribution in [3.63, 3.8) is 0 Å². The summed E-state index contributed by atoms with van der Waals surface area (Å²) < 4.78 is 10.5. The summed E-state index contributed by atoms with van der Waals surface area (Å²) in [5.74, 6) is 0.267. The summed E-state index contributed by atoms with van der Waals surface area (Å²) in [5, 5.41) is 8.97. The molecule has 4 atom stereocenters. The number of nitrogens with one attached hydrogen (secondary N) is 3. The number of amides is 7. The Hall–Kier alpha value is -6.90. The molecule has 6 rings (SSSR count). The summed E-state index contributed by atoms with van der Waals surface area (Å²) >= 11 is 0. The quantitative estimate of drug-likeness (QED) is 0.0780. The number of hydrogen-bond acceptors (Lipinski definition) is 13. The molecule has 71 heavy (non-hydrogen) atoms. The number of likely N-dealkylation sites (tertiary alicyclic amines) is 4. The number of nitrogens with two attached hydrogens (primary N) is 1. The van der Waals surface area contributed by atoms with Crippen molar-refractivity contribution in [2.75, 3.05) is 26.2 Å². The number of aliphatic carboxylic acids is 1. The molecule has 4 aliphatic heterocycles. The van der Waals surface area contributed by atoms with Crippen molar-refractivity contribution >= 4 is 59.3 Å². The van der Waals surface area contributed by atoms with E-state index in [-0.39, 0.29) is 19.1 Å². The first-order valence-corrected chi connectivity index (χ1v) is 24.2. The van der Waals surface area contributed by atoms with Crippen molar-refractivity contribution < 1.29 is 62.5 Å². The van der Waals surface area contributed by atoms with Crippen molar-refractivity contribution in [1.29, 1.82) is 0 Å². The average molecular weight is 991 g/mol. The Balaban J connectivity index is 0.000000256. The maximum absolute atomic E-state index is 12.8. The van der Waals surface area contributed by atoms with Crippen LogP contribution in [0.25, 0.3) is 0 Å². The largest absolute Gasteiger partial charge is 0.480 e. The number of ketones is 2. The lowest BCUT2D eigenvalue weighted by Gasteiger charge is -2.28. The van der Waals surface area contributed by atoms with Crippen molar-refractivity contribution in [3.05, 3.63) is 71.8 Å². The van der Waals surface area contributed by atoms with Gasteiger partial charge in [0.1, 0.15) is 37.4 Å². The molecule has 0 aliphatic carbocycles. The van der Waals surface area contributed by atoms with Crippen LogP contribution < -0.4 is 22.1 Å². The Morgan fingerprint density at radius 1 is 0.535 bits per heavy atom. The highest BCUT2D eigenvalue weighted by Gasteiger charge is 2.43. The van der Waals surface area contributed by atoms with Crippen LogP contribution in [0.15, 0.2) is 60.7 Å². The number of benzene rings is 2. The van der Waals surface area contributed by atoms with E-state index < -0.39 is 88.3 Å². The average Bonchev–Trinajstić information content (AvgIpc) is 4.24. The molecule has 4 saturated heterocycles. The number of carboxylic acid groups (broad SMARTS) is 1. The van der Waals surface area contributed by atoms with Crippen LogP contribution in [-0.4, -0.2) is 134 Å². The second kappa shape index (κ2) is 26.3. The molecule has 2 aromatic carbocycles. The minimum Gasteiger partial charge on any atom is -0.480 e. The molecule has 0 spiro atoms. The SMILES string of the molecule is CCC(C)(C)C(=O)C(=O)N1CCC[C@H]1C(=O)NNC(=O)[C@@H]1CCCN1C(=O)OCc1ccccc1.CCC(C)(C)C(=O)C(=O)N1CCC[C@H]1C(=O)O.NNC(=O)[C@@H]1CCCN1C(=O)OCc1ccccc1. The third-order valence-electron chi connectivity index (χ3n) is 13.4. The topological polar surface area (TPSA) is 284 Å². The standard InChI is InChI=1S/C25H34N4O6.C13H17N3O3.C12H19NO4/c1-4-25(2,3)20(30)23(33)28-14-8-12-18(28)21(31)26-27-22(32)19-13-9-15-29(19)24(34)35-16-17-10-6-5-7-11-17;14-15-12(17)11-7-4-8-16(11)13(18)19-9-10-5-2-1-3-6-10;1-4-12(2,3)9(14)10(15)13-7-5-6-8(13)11(16)17/h5-7,10-11,18-19H,4,8-9,12-16H2,1-3H3,(H,26,31)(H,27,32);1-3,5-6,11H,4,7-9,14H2,(H,15,17);8H,4-7H2,1-3H3,(H,16,17)/t18-,19-;11-;8-/m000/s1. The smallest absolute Gasteiger partial charge is 0.410 e. The fourth-order valence-electron chi connectivity index (χ4n) is 8.22. The molecule has 0 radical (unpaired) electrons. The van der Waals surface area contributed by atoms with Crippen LogP contribution in [0.3, 0.4) is 0 Å². The van der Waals surface area contributed by atoms with E-state index in [2.05, 4.69) is 16.3 Å². The summed E-state index contributed by atoms with van der Waals surface area (Å²) in [6.07, 6.45) is 4.51. The fraction of sp³-hybridized carbons (Fsp3) is 0.560. The van der Waals surface area contributed by atoms with Crippen molar-refractivity contribution in [2.24, 2.45) is 16.7 Å². The highest BCUT2D eigenvalue weighted by Crippen LogP contribution is 2.27. The maximum atomic E-state index is 12.8. The molecule has 7 amide bonds. The number of rotatable bonds is 14. The summed E-state index contributed by atoms with van der Waals surface area (Å²) in [7, 11) is 0. The van der Waals surface area contributed by atoms with E-state index in [1.807, 2.05) is 74.5 Å². The minimum absolute atomic E-state index is 0.0976. The summed E-state index contributed by atoms with van der Waals surface area (Å²) in [6, 6.07) is 15.7. The van der Waals surface area contributed by atoms with Crippen LogP contribution in [-0.2, 0) is 61.0 Å². The van der Waals surface area contributed by atoms with E-state index in [4.69, 9.17) is 20.4 Å². The molecular weight excluding hydrogens is 921 g/mol. The predicted molar refractivity (Wildman–Crippen MR) is 257 cm³/mol. The van der Waals surface area contributed by atoms with E-state index in [0.717, 1.165) is 17.5 Å². The van der Waals surface area contributed by atoms with Gasteiger partial charge in [0.15, 0.2) is 0 Å². The summed E-state index contributed by atoms with van der Waals surface area (Å²) in [4.78, 5) is 127. The number of carboxylic acids is 1. The molecule has 4 fully saturated rings. The Morgan fingerprint density at radius 3 is 1.21 bits per heavy atom. The lowest BCUT2D eigenvalue weighted by molar-refractivity contribution is -0.154. The number of hydrogen-bond donors (Lipinski definition) is 5. The van der Waals surface area contributed by atoms with Crippen LogP contribution in [0.4, 0.5) is 9.59 Å². The second-order valence-corrected chi connectivity index (χ2v) is 19.1. The Kier molecular flexibility index (Phi) is 21.0. The van der Waals surface area contributed by atoms with E-state index in [1.165, 1.54) is 19.6 Å². The van der Waals surface area contributed by atoms with Crippen molar-refractivity contribution in [2.45, 2.75) is 143 Å². The molecule has 4 aliphatic rings. The normalized spacial score (nSPS) is 19.5. The molecule has 0 aromatic heterocycles. The molecule has 21 heteroatoms. The van der Waals surface area contributed by atoms with Crippen LogP contribution in [0.2, 0.25) is 0 Å². The first-order chi connectivity index (χ1) is 33.7. The van der Waals surface area contributed by atoms with Gasteiger partial charge in [0.05, 0.1) is 0 Å². The molecule has 0 unspecified atom stereocenters. The molecule has 0 bridgehead atoms. The predicted octanol–water partition coefficient (Wildman–Crippen LogP) is 3.78. The van der Waals surface area contributed by atoms with Gasteiger partial charge in [0.2, 0.25) is 11.6 Å². The van der Waals surface area contributed by atoms with Crippen LogP contribution in [0.1, 0.15) is 117 Å². The van der Waals surface area contributed by atoms with Gasteiger partial charge in [-0.15, -0.1) is 0 Å². The van der Waals surface area contributed by atoms with Gasteiger partial charge >= 0.3 is 18.2 Å². The van der Waals surface area contributed by atoms with Crippen LogP contribution in [0, 0.1) is 10.8 Å². The van der Waals surface area contributed by atoms with Gasteiger partial charge in [-0.1, -0.05) is 102 Å². The Bertz CT molecular complexity index is 2220. The highest BCUT2D eigenvalue weighted by atomic mass is 16.6. The van der Waals surface area contributed by atoms with Crippen LogP contribution >= 0.6 is 0 Å². The second-order valence-electron chi connectivity index (χ2n) is 19.1. The molecule has 4 heterocycles. The number of carbonyl (C=O) groups excluding carboxylic acids is 9. The zero-order chi connectivity index (χ0) is 52.5. The number of carbonyl (C=O) groups is 10. The number of ether oxygens (including phenoxy) is 2. The van der Waals surface area contributed by atoms with Gasteiger partial charge in [0, 0.05) is 37.0 Å². The number of hydrazine groups is 2. The monoisotopic (exact) mass is 991 g/mol. The minimum atomic E-state index is -1.03. The van der Waals surface area contributed by atoms with Crippen molar-refractivity contribution in [1.82, 2.24) is 35.9 Å². The van der Waals surface area contributed by atoms with E-state index in [1.54, 1.807) is 27.7 Å². The molecular formula is C50H70N8O13. The first kappa shape index (κ1) is 56.7. The number of Topliss-reactive ketones (excluding diaryl/α,β-unsaturated/α-hetero) is 2.